The number of carbonyl (C=O) groups is 1. The molecule has 1 aliphatic carbocycles. The number of rotatable bonds is 5. The van der Waals surface area contributed by atoms with Crippen LogP contribution in [0.5, 0.6) is 0 Å². The van der Waals surface area contributed by atoms with Crippen molar-refractivity contribution < 1.29 is 14.1 Å². The molecule has 0 radical (unpaired) electrons. The van der Waals surface area contributed by atoms with Gasteiger partial charge in [0.1, 0.15) is 18.6 Å². The monoisotopic (exact) mass is 394 g/mol. The summed E-state index contributed by atoms with van der Waals surface area (Å²) in [6, 6.07) is 7.70. The van der Waals surface area contributed by atoms with Crippen LogP contribution in [0, 0.1) is 0 Å². The van der Waals surface area contributed by atoms with Crippen LogP contribution in [0.1, 0.15) is 30.3 Å². The van der Waals surface area contributed by atoms with E-state index in [2.05, 4.69) is 15.1 Å². The number of likely N-dealkylation sites (N-methyl/N-ethyl adjacent to an activating group) is 1. The normalized spacial score (nSPS) is 15.3. The summed E-state index contributed by atoms with van der Waals surface area (Å²) in [6.45, 7) is 1.31. The van der Waals surface area contributed by atoms with Gasteiger partial charge in [-0.25, -0.2) is 9.78 Å². The summed E-state index contributed by atoms with van der Waals surface area (Å²) in [5, 5.41) is 4.12. The van der Waals surface area contributed by atoms with Gasteiger partial charge in [0.2, 0.25) is 11.7 Å². The first-order valence-corrected chi connectivity index (χ1v) is 9.70. The maximum absolute atomic E-state index is 12.8. The van der Waals surface area contributed by atoms with E-state index in [0.717, 1.165) is 29.9 Å². The second kappa shape index (κ2) is 7.00. The minimum Gasteiger partial charge on any atom is -0.448 e. The third-order valence-corrected chi connectivity index (χ3v) is 5.17. The number of benzene rings is 1. The first-order valence-electron chi connectivity index (χ1n) is 9.70. The fourth-order valence-corrected chi connectivity index (χ4v) is 3.43. The van der Waals surface area contributed by atoms with Crippen LogP contribution in [0.2, 0.25) is 0 Å². The van der Waals surface area contributed by atoms with Gasteiger partial charge in [0, 0.05) is 12.5 Å². The van der Waals surface area contributed by atoms with Gasteiger partial charge in [0.25, 0.3) is 0 Å². The molecule has 9 nitrogen and oxygen atoms in total. The summed E-state index contributed by atoms with van der Waals surface area (Å²) < 4.78 is 12.9. The largest absolute Gasteiger partial charge is 0.448 e. The lowest BCUT2D eigenvalue weighted by molar-refractivity contribution is 0.143. The topological polar surface area (TPSA) is 89.5 Å². The number of fused-ring (bicyclic) bond motifs is 3. The van der Waals surface area contributed by atoms with E-state index in [1.54, 1.807) is 11.2 Å². The predicted octanol–water partition coefficient (Wildman–Crippen LogP) is 2.82. The number of ether oxygens (including phenoxy) is 1. The lowest BCUT2D eigenvalue weighted by atomic mass is 10.1. The fraction of sp³-hybridized carbons (Fsp3) is 0.400. The van der Waals surface area contributed by atoms with Crippen LogP contribution < -0.4 is 4.90 Å². The van der Waals surface area contributed by atoms with Crippen molar-refractivity contribution in [2.75, 3.05) is 32.1 Å². The Labute approximate surface area is 167 Å². The minimum absolute atomic E-state index is 0.320. The third kappa shape index (κ3) is 3.27. The Kier molecular flexibility index (Phi) is 4.31. The Morgan fingerprint density at radius 1 is 1.28 bits per heavy atom. The van der Waals surface area contributed by atoms with Crippen LogP contribution in [0.15, 0.2) is 35.1 Å². The highest BCUT2D eigenvalue weighted by molar-refractivity contribution is 5.91. The highest BCUT2D eigenvalue weighted by Crippen LogP contribution is 2.40. The summed E-state index contributed by atoms with van der Waals surface area (Å²) in [4.78, 5) is 25.5. The molecule has 3 heterocycles. The van der Waals surface area contributed by atoms with Gasteiger partial charge in [-0.2, -0.15) is 4.98 Å². The van der Waals surface area contributed by atoms with Gasteiger partial charge in [-0.1, -0.05) is 17.3 Å². The zero-order valence-electron chi connectivity index (χ0n) is 16.4. The molecular weight excluding hydrogens is 372 g/mol. The molecule has 0 saturated heterocycles. The molecule has 2 aliphatic rings. The molecule has 29 heavy (non-hydrogen) atoms. The summed E-state index contributed by atoms with van der Waals surface area (Å²) in [7, 11) is 3.88. The molecule has 1 saturated carbocycles. The summed E-state index contributed by atoms with van der Waals surface area (Å²) >= 11 is 0. The molecule has 0 unspecified atom stereocenters. The van der Waals surface area contributed by atoms with Crippen LogP contribution in [0.3, 0.4) is 0 Å². The second-order valence-electron chi connectivity index (χ2n) is 7.63. The Morgan fingerprint density at radius 3 is 2.83 bits per heavy atom. The van der Waals surface area contributed by atoms with Gasteiger partial charge in [0.15, 0.2) is 0 Å². The van der Waals surface area contributed by atoms with Crippen molar-refractivity contribution in [2.24, 2.45) is 0 Å². The van der Waals surface area contributed by atoms with E-state index in [9.17, 15) is 4.79 Å². The number of amides is 1. The first kappa shape index (κ1) is 17.9. The molecule has 1 fully saturated rings. The van der Waals surface area contributed by atoms with Crippen LogP contribution >= 0.6 is 0 Å². The molecule has 0 atom stereocenters. The van der Waals surface area contributed by atoms with E-state index in [-0.39, 0.29) is 6.09 Å². The van der Waals surface area contributed by atoms with E-state index in [4.69, 9.17) is 9.26 Å². The van der Waals surface area contributed by atoms with Crippen molar-refractivity contribution in [3.05, 3.63) is 42.2 Å². The predicted molar refractivity (Wildman–Crippen MR) is 105 cm³/mol. The van der Waals surface area contributed by atoms with Crippen molar-refractivity contribution in [2.45, 2.75) is 25.3 Å². The molecule has 1 aliphatic heterocycles. The highest BCUT2D eigenvalue weighted by atomic mass is 16.6. The highest BCUT2D eigenvalue weighted by Gasteiger charge is 2.33. The van der Waals surface area contributed by atoms with Crippen molar-refractivity contribution in [1.29, 1.82) is 0 Å². The van der Waals surface area contributed by atoms with Crippen molar-refractivity contribution in [3.8, 4) is 17.2 Å². The number of anilines is 1. The number of imidazole rings is 1. The lowest BCUT2D eigenvalue weighted by Crippen LogP contribution is -2.36. The molecule has 3 aromatic rings. The fourth-order valence-electron chi connectivity index (χ4n) is 3.43. The van der Waals surface area contributed by atoms with Gasteiger partial charge >= 0.3 is 6.09 Å². The van der Waals surface area contributed by atoms with Crippen molar-refractivity contribution in [3.63, 3.8) is 0 Å². The zero-order chi connectivity index (χ0) is 20.0. The summed E-state index contributed by atoms with van der Waals surface area (Å²) in [5.74, 6) is 1.50. The van der Waals surface area contributed by atoms with E-state index >= 15 is 0 Å². The minimum atomic E-state index is -0.385. The molecule has 1 amide bonds. The van der Waals surface area contributed by atoms with Gasteiger partial charge in [-0.15, -0.1) is 0 Å². The standard InChI is InChI=1S/C20H22N6O3/c1-24(2)9-10-28-20(27)25-11-16-17(18-22-19(29-23-18)13-7-8-13)21-12-26(16)15-6-4-3-5-14(15)25/h3-6,12-13H,7-11H2,1-2H3. The van der Waals surface area contributed by atoms with E-state index in [1.807, 2.05) is 47.8 Å². The van der Waals surface area contributed by atoms with Gasteiger partial charge in [-0.05, 0) is 39.1 Å². The second-order valence-corrected chi connectivity index (χ2v) is 7.63. The van der Waals surface area contributed by atoms with Crippen LogP contribution in [0.25, 0.3) is 17.2 Å². The number of hydrogen-bond donors (Lipinski definition) is 0. The Hall–Kier alpha value is -3.20. The molecule has 2 aromatic heterocycles. The smallest absolute Gasteiger partial charge is 0.414 e. The van der Waals surface area contributed by atoms with Gasteiger partial charge < -0.3 is 14.2 Å². The summed E-state index contributed by atoms with van der Waals surface area (Å²) in [5.41, 5.74) is 3.10. The molecule has 5 rings (SSSR count). The van der Waals surface area contributed by atoms with E-state index in [0.29, 0.717) is 43.0 Å². The van der Waals surface area contributed by atoms with E-state index < -0.39 is 0 Å². The van der Waals surface area contributed by atoms with E-state index in [1.165, 1.54) is 0 Å². The summed E-state index contributed by atoms with van der Waals surface area (Å²) in [6.07, 6.45) is 3.53. The number of aromatic nitrogens is 4. The van der Waals surface area contributed by atoms with Crippen LogP contribution in [0.4, 0.5) is 10.5 Å². The molecular formula is C20H22N6O3. The average Bonchev–Trinajstić information content (AvgIpc) is 3.29. The first-order chi connectivity index (χ1) is 14.1. The Morgan fingerprint density at radius 2 is 2.07 bits per heavy atom. The molecule has 9 heteroatoms. The molecule has 0 bridgehead atoms. The maximum atomic E-state index is 12.8. The van der Waals surface area contributed by atoms with Crippen molar-refractivity contribution in [1.82, 2.24) is 24.6 Å². The van der Waals surface area contributed by atoms with Gasteiger partial charge in [0.05, 0.1) is 23.6 Å². The van der Waals surface area contributed by atoms with Crippen LogP contribution in [-0.2, 0) is 11.3 Å². The van der Waals surface area contributed by atoms with Crippen molar-refractivity contribution >= 4 is 11.8 Å². The molecule has 0 N–H and O–H groups in total. The molecule has 1 aromatic carbocycles. The number of para-hydroxylation sites is 2. The average molecular weight is 394 g/mol. The number of carbonyl (C=O) groups excluding carboxylic acids is 1. The van der Waals surface area contributed by atoms with Gasteiger partial charge in [-0.3, -0.25) is 9.47 Å². The Bertz CT molecular complexity index is 1050. The molecule has 150 valence electrons. The Balaban J connectivity index is 1.48. The number of nitrogens with zero attached hydrogens (tertiary/aromatic N) is 6. The number of hydrogen-bond acceptors (Lipinski definition) is 7. The van der Waals surface area contributed by atoms with Crippen LogP contribution in [-0.4, -0.2) is 57.9 Å². The third-order valence-electron chi connectivity index (χ3n) is 5.17. The zero-order valence-corrected chi connectivity index (χ0v) is 16.4. The maximum Gasteiger partial charge on any atom is 0.414 e. The SMILES string of the molecule is CN(C)CCOC(=O)N1Cc2c(-c3noc(C4CC4)n3)ncn2-c2ccccc21. The quantitative estimate of drug-likeness (QED) is 0.657. The molecule has 0 spiro atoms. The lowest BCUT2D eigenvalue weighted by Gasteiger charge is -2.30.